The smallest absolute Gasteiger partial charge is 0.0715 e. The Labute approximate surface area is 182 Å². The summed E-state index contributed by atoms with van der Waals surface area (Å²) in [5.41, 5.74) is 6.15. The molecule has 0 amide bonds. The molecule has 0 bridgehead atoms. The zero-order valence-corrected chi connectivity index (χ0v) is 17.9. The predicted octanol–water partition coefficient (Wildman–Crippen LogP) is 7.23. The van der Waals surface area contributed by atoms with E-state index in [0.29, 0.717) is 10.0 Å². The fourth-order valence-corrected chi connectivity index (χ4v) is 3.12. The molecule has 2 nitrogen and oxygen atoms in total. The number of benzene rings is 3. The first-order valence-corrected chi connectivity index (χ1v) is 10.0. The summed E-state index contributed by atoms with van der Waals surface area (Å²) in [5.74, 6) is 0. The van der Waals surface area contributed by atoms with Crippen LogP contribution in [-0.2, 0) is 0 Å². The summed E-state index contributed by atoms with van der Waals surface area (Å²) in [5, 5.41) is 4.18. The molecule has 0 unspecified atom stereocenters. The zero-order valence-electron chi connectivity index (χ0n) is 16.4. The number of nitrogens with one attached hydrogen (secondary N) is 1. The van der Waals surface area contributed by atoms with Crippen molar-refractivity contribution in [2.24, 2.45) is 0 Å². The molecule has 29 heavy (non-hydrogen) atoms. The fraction of sp³-hybridized carbons (Fsp3) is 0.0800. The number of nitrogens with zero attached hydrogens (tertiary/aromatic N) is 1. The molecular formula is C25H22Cl2N2. The van der Waals surface area contributed by atoms with Gasteiger partial charge in [0.05, 0.1) is 11.4 Å². The van der Waals surface area contributed by atoms with Crippen molar-refractivity contribution < 1.29 is 0 Å². The van der Waals surface area contributed by atoms with Gasteiger partial charge in [-0.25, -0.2) is 4.98 Å². The van der Waals surface area contributed by atoms with E-state index in [2.05, 4.69) is 29.6 Å². The maximum Gasteiger partial charge on any atom is 0.0715 e. The highest BCUT2D eigenvalue weighted by molar-refractivity contribution is 6.30. The summed E-state index contributed by atoms with van der Waals surface area (Å²) in [7, 11) is 3.75. The molecular weight excluding hydrogens is 399 g/mol. The van der Waals surface area contributed by atoms with Crippen molar-refractivity contribution in [2.75, 3.05) is 14.1 Å². The highest BCUT2D eigenvalue weighted by Gasteiger charge is 2.09. The van der Waals surface area contributed by atoms with Crippen LogP contribution in [0.15, 0.2) is 91.0 Å². The molecule has 0 atom stereocenters. The lowest BCUT2D eigenvalue weighted by atomic mass is 10.00. The van der Waals surface area contributed by atoms with E-state index >= 15 is 0 Å². The minimum absolute atomic E-state index is 0.714. The van der Waals surface area contributed by atoms with E-state index in [9.17, 15) is 0 Å². The number of rotatable bonds is 3. The summed E-state index contributed by atoms with van der Waals surface area (Å²) in [6.07, 6.45) is 0. The van der Waals surface area contributed by atoms with Crippen LogP contribution in [-0.4, -0.2) is 19.1 Å². The molecule has 0 saturated heterocycles. The first-order chi connectivity index (χ1) is 14.1. The third-order valence-electron chi connectivity index (χ3n) is 4.21. The number of pyridine rings is 1. The van der Waals surface area contributed by atoms with Crippen molar-refractivity contribution in [3.8, 4) is 33.6 Å². The Morgan fingerprint density at radius 2 is 0.966 bits per heavy atom. The van der Waals surface area contributed by atoms with E-state index in [1.54, 1.807) is 0 Å². The Balaban J connectivity index is 0.000000755. The van der Waals surface area contributed by atoms with Gasteiger partial charge in [-0.05, 0) is 61.6 Å². The van der Waals surface area contributed by atoms with Crippen LogP contribution in [0.25, 0.3) is 33.6 Å². The van der Waals surface area contributed by atoms with Gasteiger partial charge < -0.3 is 5.32 Å². The van der Waals surface area contributed by atoms with E-state index < -0.39 is 0 Å². The van der Waals surface area contributed by atoms with Gasteiger partial charge in [0.25, 0.3) is 0 Å². The van der Waals surface area contributed by atoms with Gasteiger partial charge in [-0.3, -0.25) is 0 Å². The van der Waals surface area contributed by atoms with Crippen molar-refractivity contribution in [2.45, 2.75) is 0 Å². The second-order valence-electron chi connectivity index (χ2n) is 6.51. The Morgan fingerprint density at radius 1 is 0.552 bits per heavy atom. The molecule has 1 aromatic heterocycles. The monoisotopic (exact) mass is 420 g/mol. The van der Waals surface area contributed by atoms with E-state index in [1.807, 2.05) is 80.8 Å². The Kier molecular flexibility index (Phi) is 7.42. The second kappa shape index (κ2) is 10.2. The van der Waals surface area contributed by atoms with Crippen LogP contribution < -0.4 is 5.32 Å². The minimum Gasteiger partial charge on any atom is -0.323 e. The molecule has 0 spiro atoms. The quantitative estimate of drug-likeness (QED) is 0.378. The summed E-state index contributed by atoms with van der Waals surface area (Å²) in [6, 6.07) is 30.0. The van der Waals surface area contributed by atoms with Gasteiger partial charge in [-0.1, -0.05) is 77.8 Å². The van der Waals surface area contributed by atoms with Crippen LogP contribution in [0.1, 0.15) is 0 Å². The van der Waals surface area contributed by atoms with Gasteiger partial charge in [0.15, 0.2) is 0 Å². The van der Waals surface area contributed by atoms with Crippen molar-refractivity contribution in [1.82, 2.24) is 10.3 Å². The molecule has 0 saturated carbocycles. The maximum absolute atomic E-state index is 6.04. The molecule has 0 aliphatic carbocycles. The van der Waals surface area contributed by atoms with Crippen molar-refractivity contribution in [1.29, 1.82) is 0 Å². The Morgan fingerprint density at radius 3 is 1.38 bits per heavy atom. The summed E-state index contributed by atoms with van der Waals surface area (Å²) >= 11 is 12.1. The highest BCUT2D eigenvalue weighted by atomic mass is 35.5. The van der Waals surface area contributed by atoms with Crippen LogP contribution in [0.4, 0.5) is 0 Å². The van der Waals surface area contributed by atoms with E-state index in [1.165, 1.54) is 0 Å². The molecule has 0 aliphatic rings. The Bertz CT molecular complexity index is 981. The van der Waals surface area contributed by atoms with Gasteiger partial charge in [0.1, 0.15) is 0 Å². The number of aromatic nitrogens is 1. The average Bonchev–Trinajstić information content (AvgIpc) is 2.76. The van der Waals surface area contributed by atoms with Crippen LogP contribution in [0.3, 0.4) is 0 Å². The molecule has 4 rings (SSSR count). The third kappa shape index (κ3) is 5.68. The normalized spacial score (nSPS) is 10.2. The third-order valence-corrected chi connectivity index (χ3v) is 4.72. The molecule has 3 aromatic carbocycles. The number of hydrogen-bond acceptors (Lipinski definition) is 2. The van der Waals surface area contributed by atoms with Gasteiger partial charge >= 0.3 is 0 Å². The summed E-state index contributed by atoms with van der Waals surface area (Å²) < 4.78 is 0. The maximum atomic E-state index is 6.04. The molecule has 4 aromatic rings. The van der Waals surface area contributed by atoms with Crippen molar-refractivity contribution in [3.05, 3.63) is 101 Å². The van der Waals surface area contributed by atoms with E-state index in [-0.39, 0.29) is 0 Å². The van der Waals surface area contributed by atoms with E-state index in [0.717, 1.165) is 33.6 Å². The van der Waals surface area contributed by atoms with Gasteiger partial charge in [-0.2, -0.15) is 0 Å². The second-order valence-corrected chi connectivity index (χ2v) is 7.38. The zero-order chi connectivity index (χ0) is 20.6. The first-order valence-electron chi connectivity index (χ1n) is 9.28. The van der Waals surface area contributed by atoms with Crippen molar-refractivity contribution >= 4 is 23.2 Å². The lowest BCUT2D eigenvalue weighted by Gasteiger charge is -2.10. The fourth-order valence-electron chi connectivity index (χ4n) is 2.86. The molecule has 4 heteroatoms. The van der Waals surface area contributed by atoms with Gasteiger partial charge in [-0.15, -0.1) is 0 Å². The SMILES string of the molecule is CNC.Clc1ccc(-c2cc(-c3ccccc3)cc(-c3ccc(Cl)cc3)n2)cc1. The predicted molar refractivity (Wildman–Crippen MR) is 126 cm³/mol. The lowest BCUT2D eigenvalue weighted by molar-refractivity contribution is 1.02. The lowest BCUT2D eigenvalue weighted by Crippen LogP contribution is -1.91. The standard InChI is InChI=1S/C23H15Cl2N.C2H7N/c24-20-10-6-17(7-11-20)22-14-19(16-4-2-1-3-5-16)15-23(26-22)18-8-12-21(25)13-9-18;1-3-2/h1-15H;3H,1-2H3. The molecule has 146 valence electrons. The van der Waals surface area contributed by atoms with Crippen LogP contribution in [0.5, 0.6) is 0 Å². The van der Waals surface area contributed by atoms with Crippen LogP contribution >= 0.6 is 23.2 Å². The number of hydrogen-bond donors (Lipinski definition) is 1. The van der Waals surface area contributed by atoms with Crippen molar-refractivity contribution in [3.63, 3.8) is 0 Å². The summed E-state index contributed by atoms with van der Waals surface area (Å²) in [4.78, 5) is 4.87. The number of halogens is 2. The largest absolute Gasteiger partial charge is 0.323 e. The molecule has 0 aliphatic heterocycles. The minimum atomic E-state index is 0.714. The highest BCUT2D eigenvalue weighted by Crippen LogP contribution is 2.31. The molecule has 1 heterocycles. The topological polar surface area (TPSA) is 24.9 Å². The van der Waals surface area contributed by atoms with Gasteiger partial charge in [0, 0.05) is 21.2 Å². The van der Waals surface area contributed by atoms with E-state index in [4.69, 9.17) is 28.2 Å². The van der Waals surface area contributed by atoms with Crippen LogP contribution in [0.2, 0.25) is 10.0 Å². The molecule has 1 N–H and O–H groups in total. The Hall–Kier alpha value is -2.65. The molecule has 0 radical (unpaired) electrons. The average molecular weight is 421 g/mol. The first kappa shape index (κ1) is 21.1. The van der Waals surface area contributed by atoms with Gasteiger partial charge in [0.2, 0.25) is 0 Å². The summed E-state index contributed by atoms with van der Waals surface area (Å²) in [6.45, 7) is 0. The molecule has 0 fully saturated rings. The van der Waals surface area contributed by atoms with Crippen LogP contribution in [0, 0.1) is 0 Å².